The molecule has 0 spiro atoms. The minimum Gasteiger partial charge on any atom is -0.326 e. The molecule has 4 rings (SSSR count). The summed E-state index contributed by atoms with van der Waals surface area (Å²) >= 11 is 18.4. The van der Waals surface area contributed by atoms with Gasteiger partial charge in [0.1, 0.15) is 10.2 Å². The molecule has 0 saturated heterocycles. The summed E-state index contributed by atoms with van der Waals surface area (Å²) in [4.78, 5) is 28.1. The maximum atomic E-state index is 13.8. The fourth-order valence-electron chi connectivity index (χ4n) is 3.71. The Hall–Kier alpha value is -3.02. The quantitative estimate of drug-likeness (QED) is 0.194. The number of nitrogens with one attached hydrogen (secondary N) is 2. The molecule has 14 heteroatoms. The molecule has 194 valence electrons. The van der Waals surface area contributed by atoms with E-state index in [2.05, 4.69) is 15.6 Å². The van der Waals surface area contributed by atoms with E-state index in [1.807, 2.05) is 0 Å². The Bertz CT molecular complexity index is 1420. The van der Waals surface area contributed by atoms with Crippen molar-refractivity contribution in [2.24, 2.45) is 5.92 Å². The Morgan fingerprint density at radius 1 is 0.946 bits per heavy atom. The first kappa shape index (κ1) is 27.0. The van der Waals surface area contributed by atoms with Gasteiger partial charge in [0.25, 0.3) is 5.91 Å². The number of hydrogen-bond acceptors (Lipinski definition) is 3. The number of benzene rings is 2. The standard InChI is InChI=1S/C23H12Cl3F6N3O2/c24-13-4-2-10(8-15(13)34-20(36)11-3-6-16(28)35-19(11)29)33-21(37)18-17(22(18,25)26)9-1-5-14(27)12(7-9)23(30,31)32/h1-8,17-18H,(H,33,37)(H,34,36)/t17-,18+/m1/s1. The smallest absolute Gasteiger partial charge is 0.326 e. The summed E-state index contributed by atoms with van der Waals surface area (Å²) in [5, 5.41) is 4.77. The van der Waals surface area contributed by atoms with Crippen LogP contribution in [0.15, 0.2) is 48.5 Å². The van der Waals surface area contributed by atoms with Crippen molar-refractivity contribution in [2.45, 2.75) is 16.4 Å². The van der Waals surface area contributed by atoms with E-state index in [9.17, 15) is 35.9 Å². The van der Waals surface area contributed by atoms with Crippen molar-refractivity contribution >= 4 is 58.0 Å². The van der Waals surface area contributed by atoms with Crippen molar-refractivity contribution < 1.29 is 35.9 Å². The van der Waals surface area contributed by atoms with Gasteiger partial charge in [-0.05, 0) is 48.0 Å². The Kier molecular flexibility index (Phi) is 7.08. The molecule has 1 fully saturated rings. The van der Waals surface area contributed by atoms with E-state index in [0.29, 0.717) is 12.1 Å². The second kappa shape index (κ2) is 9.70. The minimum absolute atomic E-state index is 0.00107. The molecular weight excluding hydrogens is 571 g/mol. The van der Waals surface area contributed by atoms with Gasteiger partial charge in [0.05, 0.1) is 27.8 Å². The molecule has 0 radical (unpaired) electrons. The van der Waals surface area contributed by atoms with Crippen molar-refractivity contribution in [1.82, 2.24) is 4.98 Å². The Morgan fingerprint density at radius 2 is 1.65 bits per heavy atom. The van der Waals surface area contributed by atoms with Crippen molar-refractivity contribution in [3.63, 3.8) is 0 Å². The van der Waals surface area contributed by atoms with Gasteiger partial charge in [-0.1, -0.05) is 17.7 Å². The Labute approximate surface area is 219 Å². The number of nitrogens with zero attached hydrogens (tertiary/aromatic N) is 1. The van der Waals surface area contributed by atoms with Gasteiger partial charge >= 0.3 is 6.18 Å². The predicted octanol–water partition coefficient (Wildman–Crippen LogP) is 6.95. The lowest BCUT2D eigenvalue weighted by atomic mass is 10.0. The fraction of sp³-hybridized carbons (Fsp3) is 0.174. The second-order valence-electron chi connectivity index (χ2n) is 7.98. The molecule has 5 nitrogen and oxygen atoms in total. The van der Waals surface area contributed by atoms with Crippen LogP contribution in [-0.4, -0.2) is 21.1 Å². The number of anilines is 2. The summed E-state index contributed by atoms with van der Waals surface area (Å²) in [5.41, 5.74) is -2.16. The molecular formula is C23H12Cl3F6N3O2. The van der Waals surface area contributed by atoms with E-state index in [-0.39, 0.29) is 22.0 Å². The molecule has 2 atom stereocenters. The highest BCUT2D eigenvalue weighted by molar-refractivity contribution is 6.53. The number of hydrogen-bond donors (Lipinski definition) is 2. The summed E-state index contributed by atoms with van der Waals surface area (Å²) in [7, 11) is 0. The lowest BCUT2D eigenvalue weighted by molar-refractivity contribution is -0.140. The van der Waals surface area contributed by atoms with Crippen LogP contribution in [0.5, 0.6) is 0 Å². The maximum absolute atomic E-state index is 13.8. The summed E-state index contributed by atoms with van der Waals surface area (Å²) in [5.74, 6) is -8.02. The largest absolute Gasteiger partial charge is 0.419 e. The fourth-order valence-corrected chi connectivity index (χ4v) is 4.70. The summed E-state index contributed by atoms with van der Waals surface area (Å²) < 4.78 is 77.9. The van der Waals surface area contributed by atoms with Crippen LogP contribution in [-0.2, 0) is 11.0 Å². The summed E-state index contributed by atoms with van der Waals surface area (Å²) in [6, 6.07) is 7.73. The zero-order chi connectivity index (χ0) is 27.3. The van der Waals surface area contributed by atoms with Crippen molar-refractivity contribution in [3.8, 4) is 0 Å². The molecule has 0 bridgehead atoms. The predicted molar refractivity (Wildman–Crippen MR) is 124 cm³/mol. The van der Waals surface area contributed by atoms with Crippen LogP contribution in [0.1, 0.15) is 27.4 Å². The van der Waals surface area contributed by atoms with E-state index in [1.54, 1.807) is 0 Å². The van der Waals surface area contributed by atoms with Crippen LogP contribution in [0.2, 0.25) is 5.02 Å². The van der Waals surface area contributed by atoms with E-state index in [4.69, 9.17) is 34.8 Å². The van der Waals surface area contributed by atoms with E-state index in [0.717, 1.165) is 18.2 Å². The van der Waals surface area contributed by atoms with Gasteiger partial charge in [-0.2, -0.15) is 26.9 Å². The van der Waals surface area contributed by atoms with Crippen molar-refractivity contribution in [3.05, 3.63) is 88.0 Å². The molecule has 1 aliphatic carbocycles. The van der Waals surface area contributed by atoms with Crippen LogP contribution in [0, 0.1) is 23.6 Å². The minimum atomic E-state index is -4.97. The van der Waals surface area contributed by atoms with Gasteiger partial charge in [-0.15, -0.1) is 23.2 Å². The zero-order valence-electron chi connectivity index (χ0n) is 17.9. The first-order valence-electron chi connectivity index (χ1n) is 10.2. The normalized spacial score (nSPS) is 18.3. The topological polar surface area (TPSA) is 71.1 Å². The van der Waals surface area contributed by atoms with Gasteiger partial charge in [0.15, 0.2) is 0 Å². The average Bonchev–Trinajstić information content (AvgIpc) is 3.37. The van der Waals surface area contributed by atoms with Gasteiger partial charge in [0.2, 0.25) is 17.8 Å². The SMILES string of the molecule is O=C(Nc1cc(NC(=O)[C@@H]2[C@@H](c3ccc(F)c(C(F)(F)F)c3)C2(Cl)Cl)ccc1Cl)c1ccc(F)nc1F. The lowest BCUT2D eigenvalue weighted by Gasteiger charge is -2.11. The highest BCUT2D eigenvalue weighted by Gasteiger charge is 2.67. The molecule has 2 amide bonds. The third kappa shape index (κ3) is 5.48. The molecule has 1 heterocycles. The highest BCUT2D eigenvalue weighted by atomic mass is 35.5. The average molecular weight is 583 g/mol. The first-order chi connectivity index (χ1) is 17.2. The number of amides is 2. The molecule has 1 saturated carbocycles. The van der Waals surface area contributed by atoms with Gasteiger partial charge < -0.3 is 10.6 Å². The van der Waals surface area contributed by atoms with Crippen LogP contribution in [0.25, 0.3) is 0 Å². The molecule has 2 aromatic carbocycles. The number of carbonyl (C=O) groups excluding carboxylic acids is 2. The number of aromatic nitrogens is 1. The monoisotopic (exact) mass is 581 g/mol. The van der Waals surface area contributed by atoms with E-state index < -0.39 is 63.0 Å². The molecule has 3 aromatic rings. The van der Waals surface area contributed by atoms with Crippen LogP contribution >= 0.6 is 34.8 Å². The summed E-state index contributed by atoms with van der Waals surface area (Å²) in [6.07, 6.45) is -4.97. The van der Waals surface area contributed by atoms with Crippen molar-refractivity contribution in [2.75, 3.05) is 10.6 Å². The third-order valence-electron chi connectivity index (χ3n) is 5.53. The summed E-state index contributed by atoms with van der Waals surface area (Å²) in [6.45, 7) is 0. The van der Waals surface area contributed by atoms with Crippen LogP contribution in [0.4, 0.5) is 37.7 Å². The number of halogens is 9. The molecule has 0 unspecified atom stereocenters. The maximum Gasteiger partial charge on any atom is 0.419 e. The number of carbonyl (C=O) groups is 2. The zero-order valence-corrected chi connectivity index (χ0v) is 20.2. The third-order valence-corrected chi connectivity index (χ3v) is 6.80. The van der Waals surface area contributed by atoms with E-state index >= 15 is 0 Å². The van der Waals surface area contributed by atoms with Gasteiger partial charge in [-0.25, -0.2) is 4.39 Å². The molecule has 1 aromatic heterocycles. The lowest BCUT2D eigenvalue weighted by Crippen LogP contribution is -2.18. The van der Waals surface area contributed by atoms with E-state index in [1.165, 1.54) is 18.2 Å². The highest BCUT2D eigenvalue weighted by Crippen LogP contribution is 2.65. The van der Waals surface area contributed by atoms with Crippen molar-refractivity contribution in [1.29, 1.82) is 0 Å². The first-order valence-corrected chi connectivity index (χ1v) is 11.3. The molecule has 37 heavy (non-hydrogen) atoms. The van der Waals surface area contributed by atoms with Crippen LogP contribution in [0.3, 0.4) is 0 Å². The number of alkyl halides is 5. The van der Waals surface area contributed by atoms with Gasteiger partial charge in [0, 0.05) is 11.6 Å². The van der Waals surface area contributed by atoms with Gasteiger partial charge in [-0.3, -0.25) is 9.59 Å². The Morgan fingerprint density at radius 3 is 2.30 bits per heavy atom. The van der Waals surface area contributed by atoms with Crippen LogP contribution < -0.4 is 10.6 Å². The molecule has 2 N–H and O–H groups in total. The molecule has 1 aliphatic rings. The second-order valence-corrected chi connectivity index (χ2v) is 9.83. The molecule has 0 aliphatic heterocycles. The Balaban J connectivity index is 1.52. The number of rotatable bonds is 5. The number of pyridine rings is 1.